The lowest BCUT2D eigenvalue weighted by molar-refractivity contribution is -0.134. The quantitative estimate of drug-likeness (QED) is 0.108. The summed E-state index contributed by atoms with van der Waals surface area (Å²) < 4.78 is 25.7. The molecule has 4 rings (SSSR count). The van der Waals surface area contributed by atoms with E-state index in [9.17, 15) is 0 Å². The maximum absolute atomic E-state index is 7.12. The van der Waals surface area contributed by atoms with Crippen molar-refractivity contribution in [3.63, 3.8) is 0 Å². The average Bonchev–Trinajstić information content (AvgIpc) is 3.75. The van der Waals surface area contributed by atoms with Gasteiger partial charge in [0.25, 0.3) is 0 Å². The number of methoxy groups -OCH3 is 1. The van der Waals surface area contributed by atoms with Crippen LogP contribution in [0.5, 0.6) is 0 Å². The number of rotatable bonds is 13. The van der Waals surface area contributed by atoms with E-state index in [-0.39, 0.29) is 27.9 Å². The highest BCUT2D eigenvalue weighted by Crippen LogP contribution is 2.60. The summed E-state index contributed by atoms with van der Waals surface area (Å²) in [5, 5.41) is 0.324. The van der Waals surface area contributed by atoms with Gasteiger partial charge >= 0.3 is 0 Å². The Hall–Kier alpha value is -0.766. The fraction of sp³-hybridized carbons (Fsp3) is 0.818. The summed E-state index contributed by atoms with van der Waals surface area (Å²) in [6, 6.07) is 0. The van der Waals surface area contributed by atoms with Crippen molar-refractivity contribution in [1.29, 1.82) is 0 Å². The second-order valence-corrected chi connectivity index (χ2v) is 30.1. The molecule has 0 radical (unpaired) electrons. The smallest absolute Gasteiger partial charge is 0.192 e. The Balaban J connectivity index is 1.56. The van der Waals surface area contributed by atoms with Crippen molar-refractivity contribution in [3.05, 3.63) is 47.6 Å². The molecule has 0 amide bonds. The van der Waals surface area contributed by atoms with Gasteiger partial charge in [-0.1, -0.05) is 91.8 Å². The van der Waals surface area contributed by atoms with Gasteiger partial charge in [-0.05, 0) is 142 Å². The predicted octanol–water partition coefficient (Wildman–Crippen LogP) is 12.8. The molecular formula is C44H78O4Si2. The molecule has 0 N–H and O–H groups in total. The Morgan fingerprint density at radius 2 is 1.50 bits per heavy atom. The van der Waals surface area contributed by atoms with Crippen molar-refractivity contribution < 1.29 is 18.3 Å². The van der Waals surface area contributed by atoms with E-state index in [1.165, 1.54) is 56.1 Å². The van der Waals surface area contributed by atoms with Crippen LogP contribution >= 0.6 is 0 Å². The van der Waals surface area contributed by atoms with Crippen LogP contribution in [-0.4, -0.2) is 48.3 Å². The summed E-state index contributed by atoms with van der Waals surface area (Å²) in [6.07, 6.45) is 21.2. The van der Waals surface area contributed by atoms with Crippen LogP contribution in [0, 0.1) is 35.0 Å². The highest BCUT2D eigenvalue weighted by atomic mass is 28.4. The van der Waals surface area contributed by atoms with E-state index in [0.29, 0.717) is 35.9 Å². The molecule has 4 saturated carbocycles. The first-order chi connectivity index (χ1) is 22.9. The van der Waals surface area contributed by atoms with Crippen molar-refractivity contribution in [2.45, 2.75) is 181 Å². The van der Waals surface area contributed by atoms with Crippen LogP contribution < -0.4 is 0 Å². The molecule has 0 heterocycles. The van der Waals surface area contributed by atoms with Gasteiger partial charge in [-0.15, -0.1) is 0 Å². The zero-order valence-corrected chi connectivity index (χ0v) is 37.3. The van der Waals surface area contributed by atoms with Crippen molar-refractivity contribution in [1.82, 2.24) is 0 Å². The standard InChI is InChI=1S/C44H78O4Si2/c1-31(19-24-38(34-20-21-34)43(9,10)46-30-45-12)37-25-26-39-33(18-17-27-44(37,39)11)22-23-35-28-36(47-49(13,14)41(3,4)5)29-40(32(35)2)48-50(15,16)42(6,7)8/h19,22-24,31,34,36-40H,2,17-18,20-21,25-30H2,1,3-16H3/b24-19+,33-22+,35-23-/t31-,36-,37-,38-,39+,40+,44-/m1/s1. The third-order valence-corrected chi connectivity index (χ3v) is 23.5. The molecule has 4 fully saturated rings. The lowest BCUT2D eigenvalue weighted by Crippen LogP contribution is -2.49. The van der Waals surface area contributed by atoms with Crippen LogP contribution in [0.1, 0.15) is 127 Å². The summed E-state index contributed by atoms with van der Waals surface area (Å²) in [5.41, 5.74) is 4.33. The molecule has 0 aromatic rings. The molecule has 50 heavy (non-hydrogen) atoms. The van der Waals surface area contributed by atoms with Gasteiger partial charge < -0.3 is 18.3 Å². The van der Waals surface area contributed by atoms with E-state index in [4.69, 9.17) is 24.9 Å². The molecule has 4 aliphatic rings. The van der Waals surface area contributed by atoms with Crippen LogP contribution in [0.3, 0.4) is 0 Å². The minimum absolute atomic E-state index is 0.0218. The fourth-order valence-corrected chi connectivity index (χ4v) is 11.7. The molecule has 0 bridgehead atoms. The second kappa shape index (κ2) is 15.5. The highest BCUT2D eigenvalue weighted by molar-refractivity contribution is 6.74. The molecule has 0 aromatic carbocycles. The SMILES string of the molecule is C=C1/C(=C\C=C2/CCC[C@]3(C)[C@@H]([C@H](C)/C=C/[C@H](C4CC4)C(C)(C)OCOC)CC[C@@H]23)C[C@@H](O[Si](C)(C)C(C)(C)C)C[C@@H]1O[Si](C)(C)C(C)(C)C. The summed E-state index contributed by atoms with van der Waals surface area (Å²) in [7, 11) is -2.21. The first-order valence-corrected chi connectivity index (χ1v) is 26.0. The topological polar surface area (TPSA) is 36.9 Å². The van der Waals surface area contributed by atoms with E-state index in [1.807, 2.05) is 0 Å². The molecule has 0 aliphatic heterocycles. The average molecular weight is 727 g/mol. The molecule has 7 atom stereocenters. The zero-order chi connectivity index (χ0) is 37.5. The van der Waals surface area contributed by atoms with Crippen LogP contribution in [0.15, 0.2) is 47.6 Å². The van der Waals surface area contributed by atoms with Gasteiger partial charge in [0.2, 0.25) is 0 Å². The Morgan fingerprint density at radius 3 is 2.08 bits per heavy atom. The monoisotopic (exact) mass is 727 g/mol. The molecule has 4 nitrogen and oxygen atoms in total. The number of hydrogen-bond donors (Lipinski definition) is 0. The molecular weight excluding hydrogens is 649 g/mol. The van der Waals surface area contributed by atoms with Crippen LogP contribution in [0.25, 0.3) is 0 Å². The Bertz CT molecular complexity index is 1270. The largest absolute Gasteiger partial charge is 0.413 e. The molecule has 0 spiro atoms. The number of fused-ring (bicyclic) bond motifs is 1. The fourth-order valence-electron chi connectivity index (χ4n) is 9.06. The van der Waals surface area contributed by atoms with E-state index in [1.54, 1.807) is 12.7 Å². The van der Waals surface area contributed by atoms with Crippen molar-refractivity contribution in [3.8, 4) is 0 Å². The number of hydrogen-bond acceptors (Lipinski definition) is 4. The molecule has 0 saturated heterocycles. The summed E-state index contributed by atoms with van der Waals surface area (Å²) in [6.45, 7) is 38.3. The minimum atomic E-state index is -1.99. The van der Waals surface area contributed by atoms with E-state index < -0.39 is 16.6 Å². The maximum Gasteiger partial charge on any atom is 0.192 e. The van der Waals surface area contributed by atoms with Gasteiger partial charge in [0.05, 0.1) is 17.8 Å². The molecule has 4 aliphatic carbocycles. The van der Waals surface area contributed by atoms with Gasteiger partial charge in [-0.3, -0.25) is 0 Å². The predicted molar refractivity (Wildman–Crippen MR) is 218 cm³/mol. The number of allylic oxidation sites excluding steroid dienone is 4. The summed E-state index contributed by atoms with van der Waals surface area (Å²) in [4.78, 5) is 0. The van der Waals surface area contributed by atoms with E-state index in [0.717, 1.165) is 18.8 Å². The van der Waals surface area contributed by atoms with Crippen molar-refractivity contribution in [2.24, 2.45) is 35.0 Å². The number of ether oxygens (including phenoxy) is 2. The minimum Gasteiger partial charge on any atom is -0.413 e. The first-order valence-electron chi connectivity index (χ1n) is 20.2. The summed E-state index contributed by atoms with van der Waals surface area (Å²) >= 11 is 0. The molecule has 0 unspecified atom stereocenters. The van der Waals surface area contributed by atoms with Gasteiger partial charge in [0.15, 0.2) is 16.6 Å². The summed E-state index contributed by atoms with van der Waals surface area (Å²) in [5.74, 6) is 3.10. The lowest BCUT2D eigenvalue weighted by Gasteiger charge is -2.45. The molecule has 6 heteroatoms. The highest BCUT2D eigenvalue weighted by Gasteiger charge is 2.51. The second-order valence-electron chi connectivity index (χ2n) is 20.6. The van der Waals surface area contributed by atoms with Gasteiger partial charge in [0, 0.05) is 19.4 Å². The van der Waals surface area contributed by atoms with E-state index in [2.05, 4.69) is 120 Å². The third-order valence-electron chi connectivity index (χ3n) is 14.5. The van der Waals surface area contributed by atoms with Crippen LogP contribution in [0.2, 0.25) is 36.3 Å². The van der Waals surface area contributed by atoms with Gasteiger partial charge in [-0.2, -0.15) is 0 Å². The van der Waals surface area contributed by atoms with Crippen molar-refractivity contribution in [2.75, 3.05) is 13.9 Å². The zero-order valence-electron chi connectivity index (χ0n) is 35.3. The Kier molecular flexibility index (Phi) is 13.0. The third kappa shape index (κ3) is 9.47. The molecule has 286 valence electrons. The lowest BCUT2D eigenvalue weighted by atomic mass is 9.61. The van der Waals surface area contributed by atoms with Gasteiger partial charge in [-0.25, -0.2) is 0 Å². The van der Waals surface area contributed by atoms with E-state index >= 15 is 0 Å². The Morgan fingerprint density at radius 1 is 0.880 bits per heavy atom. The first kappa shape index (κ1) is 42.0. The maximum atomic E-state index is 7.12. The Labute approximate surface area is 311 Å². The molecule has 0 aromatic heterocycles. The van der Waals surface area contributed by atoms with Crippen LogP contribution in [0.4, 0.5) is 0 Å². The van der Waals surface area contributed by atoms with Crippen molar-refractivity contribution >= 4 is 16.6 Å². The van der Waals surface area contributed by atoms with Gasteiger partial charge in [0.1, 0.15) is 6.79 Å². The van der Waals surface area contributed by atoms with Crippen LogP contribution in [-0.2, 0) is 18.3 Å². The normalized spacial score (nSPS) is 31.9.